The van der Waals surface area contributed by atoms with E-state index in [4.69, 9.17) is 9.84 Å². The molecule has 0 aliphatic carbocycles. The highest BCUT2D eigenvalue weighted by Gasteiger charge is 1.88. The average Bonchev–Trinajstić information content (AvgIpc) is 1.88. The van der Waals surface area contributed by atoms with Gasteiger partial charge in [0.15, 0.2) is 0 Å². The molecule has 0 atom stereocenters. The van der Waals surface area contributed by atoms with Crippen molar-refractivity contribution in [3.8, 4) is 0 Å². The topological polar surface area (TPSA) is 29.5 Å². The van der Waals surface area contributed by atoms with Gasteiger partial charge in [0.1, 0.15) is 12.4 Å². The van der Waals surface area contributed by atoms with E-state index >= 15 is 0 Å². The van der Waals surface area contributed by atoms with Crippen molar-refractivity contribution in [2.75, 3.05) is 13.2 Å². The summed E-state index contributed by atoms with van der Waals surface area (Å²) < 4.78 is 4.97. The molecule has 0 unspecified atom stereocenters. The van der Waals surface area contributed by atoms with Crippen molar-refractivity contribution in [3.05, 3.63) is 24.5 Å². The first-order chi connectivity index (χ1) is 4.35. The molecule has 52 valence electrons. The Hall–Kier alpha value is -0.760. The Kier molecular flexibility index (Phi) is 4.92. The van der Waals surface area contributed by atoms with Crippen LogP contribution < -0.4 is 0 Å². The third-order valence-electron chi connectivity index (χ3n) is 0.789. The Morgan fingerprint density at radius 1 is 1.78 bits per heavy atom. The molecule has 0 aliphatic heterocycles. The van der Waals surface area contributed by atoms with E-state index in [9.17, 15) is 0 Å². The largest absolute Gasteiger partial charge is 0.496 e. The highest BCUT2D eigenvalue weighted by atomic mass is 16.5. The van der Waals surface area contributed by atoms with Gasteiger partial charge in [-0.2, -0.15) is 0 Å². The van der Waals surface area contributed by atoms with Crippen molar-refractivity contribution in [1.29, 1.82) is 0 Å². The average molecular weight is 128 g/mol. The summed E-state index contributed by atoms with van der Waals surface area (Å²) in [5.41, 5.74) is 0. The molecule has 2 heteroatoms. The molecule has 0 fully saturated rings. The number of rotatable bonds is 4. The van der Waals surface area contributed by atoms with Gasteiger partial charge < -0.3 is 9.84 Å². The summed E-state index contributed by atoms with van der Waals surface area (Å²) >= 11 is 0. The van der Waals surface area contributed by atoms with E-state index in [0.29, 0.717) is 12.4 Å². The molecular formula is C7H12O2. The molecule has 0 saturated heterocycles. The molecule has 0 spiro atoms. The molecule has 0 heterocycles. The standard InChI is InChI=1S/C7H12O2/c1-3-5-7(6-8)9-4-2/h3,5,8H,1,4,6H2,2H3/b7-5+. The Balaban J connectivity index is 3.66. The van der Waals surface area contributed by atoms with Crippen molar-refractivity contribution in [2.24, 2.45) is 0 Å². The number of aliphatic hydroxyl groups excluding tert-OH is 1. The summed E-state index contributed by atoms with van der Waals surface area (Å²) in [6, 6.07) is 0. The van der Waals surface area contributed by atoms with Gasteiger partial charge in [0.25, 0.3) is 0 Å². The Morgan fingerprint density at radius 2 is 2.44 bits per heavy atom. The molecule has 1 N–H and O–H groups in total. The van der Waals surface area contributed by atoms with Crippen LogP contribution >= 0.6 is 0 Å². The van der Waals surface area contributed by atoms with E-state index in [1.165, 1.54) is 0 Å². The van der Waals surface area contributed by atoms with Crippen LogP contribution in [0.4, 0.5) is 0 Å². The van der Waals surface area contributed by atoms with Gasteiger partial charge in [-0.3, -0.25) is 0 Å². The van der Waals surface area contributed by atoms with Crippen molar-refractivity contribution < 1.29 is 9.84 Å². The summed E-state index contributed by atoms with van der Waals surface area (Å²) in [6.07, 6.45) is 3.23. The number of allylic oxidation sites excluding steroid dienone is 2. The second kappa shape index (κ2) is 5.38. The second-order valence-corrected chi connectivity index (χ2v) is 1.46. The molecule has 0 aromatic heterocycles. The van der Waals surface area contributed by atoms with Gasteiger partial charge >= 0.3 is 0 Å². The van der Waals surface area contributed by atoms with Crippen LogP contribution in [0.25, 0.3) is 0 Å². The minimum Gasteiger partial charge on any atom is -0.496 e. The quantitative estimate of drug-likeness (QED) is 0.453. The Labute approximate surface area is 55.5 Å². The van der Waals surface area contributed by atoms with E-state index in [2.05, 4.69) is 6.58 Å². The fourth-order valence-corrected chi connectivity index (χ4v) is 0.463. The number of hydrogen-bond donors (Lipinski definition) is 1. The predicted octanol–water partition coefficient (Wildman–Crippen LogP) is 1.09. The van der Waals surface area contributed by atoms with E-state index in [-0.39, 0.29) is 6.61 Å². The van der Waals surface area contributed by atoms with Gasteiger partial charge in [-0.25, -0.2) is 0 Å². The molecular weight excluding hydrogens is 116 g/mol. The van der Waals surface area contributed by atoms with Crippen LogP contribution in [0, 0.1) is 0 Å². The van der Waals surface area contributed by atoms with E-state index < -0.39 is 0 Å². The molecule has 0 rings (SSSR count). The molecule has 9 heavy (non-hydrogen) atoms. The maximum Gasteiger partial charge on any atom is 0.121 e. The third kappa shape index (κ3) is 3.79. The first-order valence-corrected chi connectivity index (χ1v) is 2.90. The minimum atomic E-state index is -0.0557. The number of aliphatic hydroxyl groups is 1. The summed E-state index contributed by atoms with van der Waals surface area (Å²) in [6.45, 7) is 5.86. The van der Waals surface area contributed by atoms with Crippen LogP contribution in [0.5, 0.6) is 0 Å². The molecule has 0 aliphatic rings. The monoisotopic (exact) mass is 128 g/mol. The highest BCUT2D eigenvalue weighted by molar-refractivity contribution is 5.04. The maximum atomic E-state index is 8.55. The van der Waals surface area contributed by atoms with Gasteiger partial charge in [-0.1, -0.05) is 12.7 Å². The fraction of sp³-hybridized carbons (Fsp3) is 0.429. The van der Waals surface area contributed by atoms with Crippen molar-refractivity contribution >= 4 is 0 Å². The van der Waals surface area contributed by atoms with Crippen LogP contribution in [0.15, 0.2) is 24.5 Å². The molecule has 0 aromatic rings. The van der Waals surface area contributed by atoms with E-state index in [1.807, 2.05) is 6.92 Å². The Bertz CT molecular complexity index is 105. The van der Waals surface area contributed by atoms with E-state index in [0.717, 1.165) is 0 Å². The highest BCUT2D eigenvalue weighted by Crippen LogP contribution is 1.94. The summed E-state index contributed by atoms with van der Waals surface area (Å²) in [4.78, 5) is 0. The van der Waals surface area contributed by atoms with E-state index in [1.54, 1.807) is 12.2 Å². The lowest BCUT2D eigenvalue weighted by Gasteiger charge is -2.02. The van der Waals surface area contributed by atoms with Crippen LogP contribution in [-0.2, 0) is 4.74 Å². The third-order valence-corrected chi connectivity index (χ3v) is 0.789. The normalized spacial score (nSPS) is 11.1. The summed E-state index contributed by atoms with van der Waals surface area (Å²) in [7, 11) is 0. The molecule has 0 aromatic carbocycles. The number of hydrogen-bond acceptors (Lipinski definition) is 2. The smallest absolute Gasteiger partial charge is 0.121 e. The van der Waals surface area contributed by atoms with Crippen molar-refractivity contribution in [3.63, 3.8) is 0 Å². The minimum absolute atomic E-state index is 0.0557. The summed E-state index contributed by atoms with van der Waals surface area (Å²) in [5, 5.41) is 8.55. The fourth-order valence-electron chi connectivity index (χ4n) is 0.463. The zero-order valence-electron chi connectivity index (χ0n) is 5.63. The molecule has 0 radical (unpaired) electrons. The van der Waals surface area contributed by atoms with Gasteiger partial charge in [0.2, 0.25) is 0 Å². The SMILES string of the molecule is C=C/C=C(\CO)OCC. The van der Waals surface area contributed by atoms with Gasteiger partial charge in [-0.15, -0.1) is 0 Å². The lowest BCUT2D eigenvalue weighted by Crippen LogP contribution is -1.95. The molecule has 2 nitrogen and oxygen atoms in total. The maximum absolute atomic E-state index is 8.55. The lowest BCUT2D eigenvalue weighted by atomic mass is 10.4. The Morgan fingerprint density at radius 3 is 2.78 bits per heavy atom. The zero-order valence-corrected chi connectivity index (χ0v) is 5.63. The molecule has 0 amide bonds. The van der Waals surface area contributed by atoms with Crippen LogP contribution in [0.3, 0.4) is 0 Å². The van der Waals surface area contributed by atoms with Crippen LogP contribution in [-0.4, -0.2) is 18.3 Å². The lowest BCUT2D eigenvalue weighted by molar-refractivity contribution is 0.172. The first kappa shape index (κ1) is 8.24. The van der Waals surface area contributed by atoms with Gasteiger partial charge in [0.05, 0.1) is 6.61 Å². The first-order valence-electron chi connectivity index (χ1n) is 2.90. The second-order valence-electron chi connectivity index (χ2n) is 1.46. The zero-order chi connectivity index (χ0) is 7.11. The van der Waals surface area contributed by atoms with Crippen LogP contribution in [0.1, 0.15) is 6.92 Å². The van der Waals surface area contributed by atoms with Crippen LogP contribution in [0.2, 0.25) is 0 Å². The van der Waals surface area contributed by atoms with Gasteiger partial charge in [0, 0.05) is 0 Å². The van der Waals surface area contributed by atoms with Crippen molar-refractivity contribution in [1.82, 2.24) is 0 Å². The molecule has 0 bridgehead atoms. The predicted molar refractivity (Wildman–Crippen MR) is 37.0 cm³/mol. The summed E-state index contributed by atoms with van der Waals surface area (Å²) in [5.74, 6) is 0.563. The molecule has 0 saturated carbocycles. The number of ether oxygens (including phenoxy) is 1. The van der Waals surface area contributed by atoms with Gasteiger partial charge in [-0.05, 0) is 13.0 Å². The van der Waals surface area contributed by atoms with Crippen molar-refractivity contribution in [2.45, 2.75) is 6.92 Å².